The van der Waals surface area contributed by atoms with Gasteiger partial charge in [-0.2, -0.15) is 0 Å². The molecule has 3 heterocycles. The van der Waals surface area contributed by atoms with Crippen molar-refractivity contribution >= 4 is 27.4 Å². The maximum atomic E-state index is 13.1. The molecule has 4 rings (SSSR count). The van der Waals surface area contributed by atoms with Crippen molar-refractivity contribution in [2.45, 2.75) is 13.0 Å². The summed E-state index contributed by atoms with van der Waals surface area (Å²) in [5.74, 6) is 0.540. The first-order chi connectivity index (χ1) is 12.2. The molecular weight excluding hydrogens is 335 g/mol. The second-order valence-corrected chi connectivity index (χ2v) is 6.73. The topological polar surface area (TPSA) is 50.7 Å². The summed E-state index contributed by atoms with van der Waals surface area (Å²) in [6.45, 7) is 2.05. The van der Waals surface area contributed by atoms with Crippen LogP contribution in [0.5, 0.6) is 0 Å². The van der Waals surface area contributed by atoms with Gasteiger partial charge in [-0.15, -0.1) is 11.3 Å². The molecule has 0 saturated carbocycles. The van der Waals surface area contributed by atoms with Gasteiger partial charge in [-0.3, -0.25) is 4.98 Å². The van der Waals surface area contributed by atoms with Crippen molar-refractivity contribution in [3.05, 3.63) is 72.6 Å². The van der Waals surface area contributed by atoms with Crippen LogP contribution in [0.4, 0.5) is 10.2 Å². The molecule has 1 aromatic carbocycles. The monoisotopic (exact) mass is 350 g/mol. The van der Waals surface area contributed by atoms with E-state index in [0.29, 0.717) is 0 Å². The summed E-state index contributed by atoms with van der Waals surface area (Å²) in [5, 5.41) is 3.41. The highest BCUT2D eigenvalue weighted by atomic mass is 32.1. The van der Waals surface area contributed by atoms with Gasteiger partial charge >= 0.3 is 0 Å². The molecule has 0 amide bonds. The smallest absolute Gasteiger partial charge is 0.147 e. The van der Waals surface area contributed by atoms with E-state index in [1.165, 1.54) is 12.1 Å². The van der Waals surface area contributed by atoms with Crippen LogP contribution in [0.3, 0.4) is 0 Å². The normalized spacial score (nSPS) is 12.2. The van der Waals surface area contributed by atoms with Gasteiger partial charge in [0.2, 0.25) is 0 Å². The number of hydrogen-bond acceptors (Lipinski definition) is 5. The van der Waals surface area contributed by atoms with Crippen LogP contribution in [-0.4, -0.2) is 15.0 Å². The second kappa shape index (κ2) is 6.57. The molecule has 0 radical (unpaired) electrons. The summed E-state index contributed by atoms with van der Waals surface area (Å²) in [6, 6.07) is 14.4. The van der Waals surface area contributed by atoms with E-state index >= 15 is 0 Å². The number of nitrogens with zero attached hydrogens (tertiary/aromatic N) is 3. The van der Waals surface area contributed by atoms with Crippen molar-refractivity contribution in [3.8, 4) is 10.4 Å². The zero-order valence-corrected chi connectivity index (χ0v) is 14.3. The summed E-state index contributed by atoms with van der Waals surface area (Å²) < 4.78 is 14.1. The fraction of sp³-hybridized carbons (Fsp3) is 0.105. The highest BCUT2D eigenvalue weighted by Crippen LogP contribution is 2.36. The van der Waals surface area contributed by atoms with Gasteiger partial charge in [0.1, 0.15) is 18.0 Å². The molecule has 25 heavy (non-hydrogen) atoms. The summed E-state index contributed by atoms with van der Waals surface area (Å²) in [5.41, 5.74) is 2.78. The van der Waals surface area contributed by atoms with E-state index in [4.69, 9.17) is 0 Å². The Morgan fingerprint density at radius 3 is 2.64 bits per heavy atom. The van der Waals surface area contributed by atoms with Crippen LogP contribution in [0, 0.1) is 5.82 Å². The van der Waals surface area contributed by atoms with Crippen LogP contribution in [0.15, 0.2) is 61.1 Å². The fourth-order valence-corrected chi connectivity index (χ4v) is 3.69. The summed E-state index contributed by atoms with van der Waals surface area (Å²) in [6.07, 6.45) is 3.33. The quantitative estimate of drug-likeness (QED) is 0.558. The highest BCUT2D eigenvalue weighted by Gasteiger charge is 2.13. The standard InChI is InChI=1S/C19H15FN4S/c1-12(15-4-2-3-9-21-15)24-19-18-16(22-11-23-19)10-17(25-18)13-5-7-14(20)8-6-13/h2-12H,1H3,(H,22,23,24)/t12-/m0/s1. The maximum absolute atomic E-state index is 13.1. The van der Waals surface area contributed by atoms with Crippen molar-refractivity contribution in [3.63, 3.8) is 0 Å². The number of thiophene rings is 1. The van der Waals surface area contributed by atoms with Crippen LogP contribution in [0.1, 0.15) is 18.7 Å². The Balaban J connectivity index is 1.69. The third-order valence-electron chi connectivity index (χ3n) is 3.92. The molecule has 0 aliphatic carbocycles. The average Bonchev–Trinajstić information content (AvgIpc) is 3.08. The minimum Gasteiger partial charge on any atom is -0.361 e. The Labute approximate surface area is 148 Å². The molecule has 0 unspecified atom stereocenters. The minimum atomic E-state index is -0.240. The third kappa shape index (κ3) is 3.21. The molecule has 0 bridgehead atoms. The van der Waals surface area contributed by atoms with E-state index in [1.807, 2.05) is 31.2 Å². The number of fused-ring (bicyclic) bond motifs is 1. The molecule has 0 fully saturated rings. The lowest BCUT2D eigenvalue weighted by atomic mass is 10.2. The number of halogens is 1. The lowest BCUT2D eigenvalue weighted by molar-refractivity contribution is 0.628. The van der Waals surface area contributed by atoms with Crippen LogP contribution < -0.4 is 5.32 Å². The zero-order valence-electron chi connectivity index (χ0n) is 13.5. The maximum Gasteiger partial charge on any atom is 0.147 e. The van der Waals surface area contributed by atoms with Crippen molar-refractivity contribution in [1.82, 2.24) is 15.0 Å². The Bertz CT molecular complexity index is 999. The average molecular weight is 350 g/mol. The van der Waals surface area contributed by atoms with E-state index in [1.54, 1.807) is 36.0 Å². The largest absolute Gasteiger partial charge is 0.361 e. The molecule has 0 aliphatic heterocycles. The first-order valence-electron chi connectivity index (χ1n) is 7.88. The zero-order chi connectivity index (χ0) is 17.2. The molecule has 0 saturated heterocycles. The van der Waals surface area contributed by atoms with Gasteiger partial charge in [0.25, 0.3) is 0 Å². The molecule has 4 aromatic rings. The van der Waals surface area contributed by atoms with Crippen LogP contribution in [0.25, 0.3) is 20.7 Å². The van der Waals surface area contributed by atoms with E-state index in [-0.39, 0.29) is 11.9 Å². The molecular formula is C19H15FN4S. The van der Waals surface area contributed by atoms with Gasteiger partial charge in [-0.1, -0.05) is 18.2 Å². The number of pyridine rings is 1. The Kier molecular flexibility index (Phi) is 4.11. The van der Waals surface area contributed by atoms with Gasteiger partial charge in [0, 0.05) is 11.1 Å². The molecule has 0 aliphatic rings. The second-order valence-electron chi connectivity index (χ2n) is 5.67. The van der Waals surface area contributed by atoms with Crippen LogP contribution >= 0.6 is 11.3 Å². The van der Waals surface area contributed by atoms with Crippen LogP contribution in [-0.2, 0) is 0 Å². The first-order valence-corrected chi connectivity index (χ1v) is 8.70. The Hall–Kier alpha value is -2.86. The first kappa shape index (κ1) is 15.7. The van der Waals surface area contributed by atoms with E-state index < -0.39 is 0 Å². The van der Waals surface area contributed by atoms with Gasteiger partial charge < -0.3 is 5.32 Å². The van der Waals surface area contributed by atoms with Crippen molar-refractivity contribution in [2.24, 2.45) is 0 Å². The number of anilines is 1. The number of nitrogens with one attached hydrogen (secondary N) is 1. The van der Waals surface area contributed by atoms with Crippen LogP contribution in [0.2, 0.25) is 0 Å². The van der Waals surface area contributed by atoms with Crippen molar-refractivity contribution < 1.29 is 4.39 Å². The Morgan fingerprint density at radius 1 is 1.04 bits per heavy atom. The lowest BCUT2D eigenvalue weighted by Crippen LogP contribution is -2.09. The molecule has 3 aromatic heterocycles. The fourth-order valence-electron chi connectivity index (χ4n) is 2.62. The molecule has 124 valence electrons. The van der Waals surface area contributed by atoms with Gasteiger partial charge in [0.15, 0.2) is 0 Å². The molecule has 4 nitrogen and oxygen atoms in total. The number of aromatic nitrogens is 3. The third-order valence-corrected chi connectivity index (χ3v) is 5.10. The number of hydrogen-bond donors (Lipinski definition) is 1. The lowest BCUT2D eigenvalue weighted by Gasteiger charge is -2.14. The van der Waals surface area contributed by atoms with Gasteiger partial charge in [0.05, 0.1) is 22.0 Å². The summed E-state index contributed by atoms with van der Waals surface area (Å²) in [4.78, 5) is 14.2. The number of rotatable bonds is 4. The van der Waals surface area contributed by atoms with Gasteiger partial charge in [-0.05, 0) is 42.8 Å². The summed E-state index contributed by atoms with van der Waals surface area (Å²) in [7, 11) is 0. The molecule has 1 N–H and O–H groups in total. The molecule has 6 heteroatoms. The predicted molar refractivity (Wildman–Crippen MR) is 99.1 cm³/mol. The van der Waals surface area contributed by atoms with Gasteiger partial charge in [-0.25, -0.2) is 14.4 Å². The van der Waals surface area contributed by atoms with Crippen molar-refractivity contribution in [2.75, 3.05) is 5.32 Å². The Morgan fingerprint density at radius 2 is 1.88 bits per heavy atom. The summed E-state index contributed by atoms with van der Waals surface area (Å²) >= 11 is 1.59. The van der Waals surface area contributed by atoms with E-state index in [9.17, 15) is 4.39 Å². The molecule has 1 atom stereocenters. The number of benzene rings is 1. The van der Waals surface area contributed by atoms with E-state index in [0.717, 1.165) is 32.2 Å². The minimum absolute atomic E-state index is 0.0238. The SMILES string of the molecule is C[C@H](Nc1ncnc2cc(-c3ccc(F)cc3)sc12)c1ccccn1. The molecule has 0 spiro atoms. The highest BCUT2D eigenvalue weighted by molar-refractivity contribution is 7.22. The predicted octanol–water partition coefficient (Wildman–Crippen LogP) is 5.07. The van der Waals surface area contributed by atoms with Crippen molar-refractivity contribution in [1.29, 1.82) is 0 Å². The van der Waals surface area contributed by atoms with E-state index in [2.05, 4.69) is 20.3 Å².